The van der Waals surface area contributed by atoms with Crippen LogP contribution in [0.3, 0.4) is 0 Å². The van der Waals surface area contributed by atoms with Crippen LogP contribution in [0.15, 0.2) is 47.9 Å². The highest BCUT2D eigenvalue weighted by atomic mass is 16.2. The fraction of sp³-hybridized carbons (Fsp3) is 0.455. The summed E-state index contributed by atoms with van der Waals surface area (Å²) in [5.74, 6) is 2.24. The predicted molar refractivity (Wildman–Crippen MR) is 112 cm³/mol. The maximum absolute atomic E-state index is 13.7. The Kier molecular flexibility index (Phi) is 3.63. The number of hydrogen-bond acceptors (Lipinski definition) is 6. The number of nitrogens with zero attached hydrogens (tertiary/aromatic N) is 5. The lowest BCUT2D eigenvalue weighted by Crippen LogP contribution is -2.60. The number of pyridine rings is 1. The molecule has 8 nitrogen and oxygen atoms in total. The summed E-state index contributed by atoms with van der Waals surface area (Å²) >= 11 is 0. The van der Waals surface area contributed by atoms with Gasteiger partial charge in [0, 0.05) is 25.3 Å². The van der Waals surface area contributed by atoms with E-state index in [4.69, 9.17) is 0 Å². The molecule has 1 amide bonds. The zero-order valence-corrected chi connectivity index (χ0v) is 17.2. The van der Waals surface area contributed by atoms with Crippen LogP contribution in [0.25, 0.3) is 5.82 Å². The highest BCUT2D eigenvalue weighted by Crippen LogP contribution is 2.71. The van der Waals surface area contributed by atoms with Crippen LogP contribution in [0, 0.1) is 18.3 Å². The van der Waals surface area contributed by atoms with E-state index in [-0.39, 0.29) is 18.0 Å². The number of likely N-dealkylation sites (tertiary alicyclic amines) is 1. The molecule has 0 bridgehead atoms. The van der Waals surface area contributed by atoms with Crippen LogP contribution in [-0.2, 0) is 4.79 Å². The van der Waals surface area contributed by atoms with E-state index >= 15 is 0 Å². The molecule has 2 aliphatic carbocycles. The summed E-state index contributed by atoms with van der Waals surface area (Å²) in [7, 11) is 0. The number of aryl methyl sites for hydroxylation is 1. The number of anilines is 1. The Morgan fingerprint density at radius 3 is 2.83 bits per heavy atom. The Bertz CT molecular complexity index is 1070. The van der Waals surface area contributed by atoms with Gasteiger partial charge in [0.25, 0.3) is 5.91 Å². The van der Waals surface area contributed by atoms with Gasteiger partial charge in [-0.1, -0.05) is 11.6 Å². The van der Waals surface area contributed by atoms with Crippen LogP contribution in [0.4, 0.5) is 5.82 Å². The molecule has 4 heterocycles. The average molecular weight is 403 g/mol. The molecule has 3 fully saturated rings. The minimum absolute atomic E-state index is 0.0637. The maximum atomic E-state index is 13.7. The van der Waals surface area contributed by atoms with Crippen molar-refractivity contribution in [3.05, 3.63) is 53.5 Å². The third-order valence-electron chi connectivity index (χ3n) is 7.14. The third-order valence-corrected chi connectivity index (χ3v) is 7.14. The van der Waals surface area contributed by atoms with Gasteiger partial charge in [0.15, 0.2) is 5.82 Å². The lowest BCUT2D eigenvalue weighted by Gasteiger charge is -2.48. The molecule has 2 aromatic heterocycles. The van der Waals surface area contributed by atoms with E-state index in [1.165, 1.54) is 11.2 Å². The summed E-state index contributed by atoms with van der Waals surface area (Å²) in [6.07, 6.45) is 9.47. The van der Waals surface area contributed by atoms with E-state index < -0.39 is 0 Å². The van der Waals surface area contributed by atoms with Crippen LogP contribution < -0.4 is 10.6 Å². The molecular formula is C22H25N7O. The summed E-state index contributed by atoms with van der Waals surface area (Å²) in [6, 6.07) is 4.54. The first kappa shape index (κ1) is 17.7. The minimum Gasteiger partial charge on any atom is -0.365 e. The fourth-order valence-corrected chi connectivity index (χ4v) is 5.61. The van der Waals surface area contributed by atoms with Crippen molar-refractivity contribution in [2.24, 2.45) is 11.3 Å². The average Bonchev–Trinajstić information content (AvgIpc) is 3.10. The Morgan fingerprint density at radius 2 is 2.07 bits per heavy atom. The van der Waals surface area contributed by atoms with Crippen molar-refractivity contribution in [1.82, 2.24) is 30.2 Å². The third kappa shape index (κ3) is 2.52. The number of dihydropyridines is 1. The van der Waals surface area contributed by atoms with Crippen molar-refractivity contribution in [3.8, 4) is 0 Å². The van der Waals surface area contributed by atoms with Crippen molar-refractivity contribution in [2.75, 3.05) is 18.4 Å². The van der Waals surface area contributed by atoms with E-state index in [1.54, 1.807) is 12.4 Å². The summed E-state index contributed by atoms with van der Waals surface area (Å²) in [5, 5.41) is 15.4. The normalized spacial score (nSPS) is 31.3. The Hall–Kier alpha value is -3.16. The predicted octanol–water partition coefficient (Wildman–Crippen LogP) is 1.80. The number of amides is 1. The van der Waals surface area contributed by atoms with Gasteiger partial charge in [-0.15, -0.1) is 4.80 Å². The fourth-order valence-electron chi connectivity index (χ4n) is 5.61. The van der Waals surface area contributed by atoms with Crippen molar-refractivity contribution < 1.29 is 4.79 Å². The van der Waals surface area contributed by atoms with Crippen LogP contribution in [0.1, 0.15) is 25.3 Å². The van der Waals surface area contributed by atoms with Crippen molar-refractivity contribution in [2.45, 2.75) is 38.8 Å². The molecule has 2 aromatic rings. The van der Waals surface area contributed by atoms with Gasteiger partial charge in [-0.05, 0) is 55.7 Å². The Balaban J connectivity index is 1.29. The van der Waals surface area contributed by atoms with Gasteiger partial charge in [-0.25, -0.2) is 4.98 Å². The van der Waals surface area contributed by atoms with E-state index in [9.17, 15) is 4.79 Å². The first-order chi connectivity index (χ1) is 14.5. The zero-order valence-electron chi connectivity index (χ0n) is 17.2. The lowest BCUT2D eigenvalue weighted by atomic mass is 9.71. The molecule has 2 saturated carbocycles. The molecule has 4 aliphatic rings. The van der Waals surface area contributed by atoms with Gasteiger partial charge in [0.1, 0.15) is 5.82 Å². The van der Waals surface area contributed by atoms with E-state index in [0.29, 0.717) is 29.3 Å². The van der Waals surface area contributed by atoms with Gasteiger partial charge >= 0.3 is 0 Å². The maximum Gasteiger partial charge on any atom is 0.258 e. The molecule has 6 rings (SSSR count). The molecule has 154 valence electrons. The van der Waals surface area contributed by atoms with Crippen LogP contribution >= 0.6 is 0 Å². The number of hydrogen-bond donors (Lipinski definition) is 2. The SMILES string of the molecule is CC1=CC(C(=O)N2CC3CC34CC(Nc3ccc(C)cn3)C24)=C(n2nccn2)NC1. The second-order valence-corrected chi connectivity index (χ2v) is 9.14. The zero-order chi connectivity index (χ0) is 20.5. The summed E-state index contributed by atoms with van der Waals surface area (Å²) in [4.78, 5) is 21.8. The highest BCUT2D eigenvalue weighted by Gasteiger charge is 2.75. The monoisotopic (exact) mass is 403 g/mol. The minimum atomic E-state index is 0.0637. The summed E-state index contributed by atoms with van der Waals surface area (Å²) < 4.78 is 0. The van der Waals surface area contributed by atoms with Crippen molar-refractivity contribution >= 4 is 17.5 Å². The number of carbonyl (C=O) groups is 1. The molecule has 0 radical (unpaired) electrons. The number of rotatable bonds is 4. The van der Waals surface area contributed by atoms with Crippen LogP contribution in [-0.4, -0.2) is 56.0 Å². The molecule has 0 aromatic carbocycles. The second-order valence-electron chi connectivity index (χ2n) is 9.14. The molecule has 2 N–H and O–H groups in total. The Labute approximate surface area is 175 Å². The molecule has 4 atom stereocenters. The molecule has 2 aliphatic heterocycles. The molecule has 30 heavy (non-hydrogen) atoms. The van der Waals surface area contributed by atoms with E-state index in [0.717, 1.165) is 29.9 Å². The highest BCUT2D eigenvalue weighted by molar-refractivity contribution is 6.02. The van der Waals surface area contributed by atoms with Gasteiger partial charge < -0.3 is 15.5 Å². The number of carbonyl (C=O) groups excluding carboxylic acids is 1. The van der Waals surface area contributed by atoms with Gasteiger partial charge in [0.2, 0.25) is 0 Å². The summed E-state index contributed by atoms with van der Waals surface area (Å²) in [6.45, 7) is 5.59. The van der Waals surface area contributed by atoms with Crippen LogP contribution in [0.2, 0.25) is 0 Å². The summed E-state index contributed by atoms with van der Waals surface area (Å²) in [5.41, 5.74) is 3.22. The lowest BCUT2D eigenvalue weighted by molar-refractivity contribution is -0.131. The van der Waals surface area contributed by atoms with E-state index in [1.807, 2.05) is 32.2 Å². The molecule has 1 spiro atoms. The van der Waals surface area contributed by atoms with Gasteiger partial charge in [-0.2, -0.15) is 10.2 Å². The van der Waals surface area contributed by atoms with Crippen LogP contribution in [0.5, 0.6) is 0 Å². The second kappa shape index (κ2) is 6.17. The molecule has 1 saturated heterocycles. The number of piperidine rings is 1. The molecule has 4 unspecified atom stereocenters. The van der Waals surface area contributed by atoms with Gasteiger partial charge in [-0.3, -0.25) is 4.79 Å². The van der Waals surface area contributed by atoms with Crippen molar-refractivity contribution in [3.63, 3.8) is 0 Å². The van der Waals surface area contributed by atoms with Crippen molar-refractivity contribution in [1.29, 1.82) is 0 Å². The van der Waals surface area contributed by atoms with Gasteiger partial charge in [0.05, 0.1) is 24.0 Å². The Morgan fingerprint density at radius 1 is 1.23 bits per heavy atom. The largest absolute Gasteiger partial charge is 0.365 e. The quantitative estimate of drug-likeness (QED) is 0.810. The topological polar surface area (TPSA) is 88.0 Å². The van der Waals surface area contributed by atoms with E-state index in [2.05, 4.69) is 36.8 Å². The molecule has 8 heteroatoms. The molecular weight excluding hydrogens is 378 g/mol. The smallest absolute Gasteiger partial charge is 0.258 e. The first-order valence-corrected chi connectivity index (χ1v) is 10.6. The first-order valence-electron chi connectivity index (χ1n) is 10.6. The number of nitrogens with one attached hydrogen (secondary N) is 2. The standard InChI is InChI=1S/C22H25N7O/c1-13-3-4-18(23-10-13)27-17-9-22-8-15(22)12-28(19(17)22)21(30)16-7-14(2)11-24-20(16)29-25-5-6-26-29/h3-7,10,15,17,19,24H,8-9,11-12H2,1-2H3,(H,23,27). The number of aromatic nitrogens is 4.